The predicted octanol–water partition coefficient (Wildman–Crippen LogP) is 5.58. The molecule has 0 aromatic carbocycles. The van der Waals surface area contributed by atoms with Crippen LogP contribution in [0.15, 0.2) is 0 Å². The van der Waals surface area contributed by atoms with Crippen molar-refractivity contribution in [2.75, 3.05) is 13.1 Å². The lowest BCUT2D eigenvalue weighted by Crippen LogP contribution is -2.28. The van der Waals surface area contributed by atoms with Gasteiger partial charge in [-0.1, -0.05) is 70.5 Å². The van der Waals surface area contributed by atoms with Crippen LogP contribution in [0.3, 0.4) is 0 Å². The van der Waals surface area contributed by atoms with Crippen molar-refractivity contribution in [3.8, 4) is 0 Å². The number of rotatable bonds is 12. The normalized spacial score (nSPS) is 10.6. The monoisotopic (exact) mass is 271 g/mol. The van der Waals surface area contributed by atoms with E-state index in [1.165, 1.54) is 62.8 Å². The maximum absolute atomic E-state index is 5.45. The Morgan fingerprint density at radius 2 is 1.17 bits per heavy atom. The first-order chi connectivity index (χ1) is 8.76. The molecule has 18 heavy (non-hydrogen) atoms. The number of unbranched alkanes of at least 4 members (excludes halogenated alkanes) is 8. The van der Waals surface area contributed by atoms with Crippen molar-refractivity contribution in [1.82, 2.24) is 4.90 Å². The highest BCUT2D eigenvalue weighted by Crippen LogP contribution is 2.11. The first kappa shape index (κ1) is 17.9. The largest absolute Gasteiger partial charge is 0.367 e. The van der Waals surface area contributed by atoms with Crippen LogP contribution in [-0.2, 0) is 0 Å². The van der Waals surface area contributed by atoms with E-state index in [4.69, 9.17) is 12.2 Å². The van der Waals surface area contributed by atoms with E-state index in [9.17, 15) is 0 Å². The molecule has 0 aromatic rings. The summed E-state index contributed by atoms with van der Waals surface area (Å²) < 4.78 is 0. The highest BCUT2D eigenvalue weighted by Gasteiger charge is 2.03. The minimum atomic E-state index is 1.06. The van der Waals surface area contributed by atoms with Crippen molar-refractivity contribution >= 4 is 17.2 Å². The van der Waals surface area contributed by atoms with Crippen LogP contribution < -0.4 is 0 Å². The molecule has 0 unspecified atom stereocenters. The second-order valence-electron chi connectivity index (χ2n) is 5.14. The molecule has 0 saturated carbocycles. The van der Waals surface area contributed by atoms with Gasteiger partial charge in [-0.3, -0.25) is 0 Å². The second-order valence-corrected chi connectivity index (χ2v) is 5.62. The maximum Gasteiger partial charge on any atom is 0.0779 e. The third-order valence-corrected chi connectivity index (χ3v) is 4.07. The Morgan fingerprint density at radius 3 is 1.61 bits per heavy atom. The summed E-state index contributed by atoms with van der Waals surface area (Å²) in [6.07, 6.45) is 13.6. The molecule has 0 fully saturated rings. The van der Waals surface area contributed by atoms with E-state index in [-0.39, 0.29) is 0 Å². The molecule has 0 aliphatic carbocycles. The average molecular weight is 272 g/mol. The van der Waals surface area contributed by atoms with Gasteiger partial charge < -0.3 is 4.90 Å². The zero-order valence-corrected chi connectivity index (χ0v) is 13.7. The molecule has 108 valence electrons. The van der Waals surface area contributed by atoms with E-state index in [0.29, 0.717) is 0 Å². The SMILES string of the molecule is CCCCCCCCCCCC(=S)N(CC)CC. The molecular formula is C16H33NS. The topological polar surface area (TPSA) is 3.24 Å². The van der Waals surface area contributed by atoms with Crippen LogP contribution in [0, 0.1) is 0 Å². The molecule has 0 N–H and O–H groups in total. The molecule has 0 aromatic heterocycles. The van der Waals surface area contributed by atoms with Gasteiger partial charge in [-0.15, -0.1) is 0 Å². The van der Waals surface area contributed by atoms with Gasteiger partial charge >= 0.3 is 0 Å². The summed E-state index contributed by atoms with van der Waals surface area (Å²) in [6.45, 7) is 8.77. The zero-order valence-electron chi connectivity index (χ0n) is 12.8. The number of nitrogens with zero attached hydrogens (tertiary/aromatic N) is 1. The first-order valence-corrected chi connectivity index (χ1v) is 8.44. The number of thiocarbonyl (C=S) groups is 1. The van der Waals surface area contributed by atoms with Crippen LogP contribution in [0.1, 0.15) is 85.0 Å². The van der Waals surface area contributed by atoms with Crippen molar-refractivity contribution < 1.29 is 0 Å². The Hall–Kier alpha value is -0.110. The second kappa shape index (κ2) is 13.3. The minimum Gasteiger partial charge on any atom is -0.367 e. The molecule has 0 atom stereocenters. The van der Waals surface area contributed by atoms with Crippen LogP contribution in [0.25, 0.3) is 0 Å². The Morgan fingerprint density at radius 1 is 0.722 bits per heavy atom. The van der Waals surface area contributed by atoms with Crippen LogP contribution >= 0.6 is 12.2 Å². The van der Waals surface area contributed by atoms with E-state index in [0.717, 1.165) is 19.5 Å². The Bertz CT molecular complexity index is 188. The number of hydrogen-bond acceptors (Lipinski definition) is 1. The highest BCUT2D eigenvalue weighted by atomic mass is 32.1. The minimum absolute atomic E-state index is 1.06. The fraction of sp³-hybridized carbons (Fsp3) is 0.938. The third kappa shape index (κ3) is 9.87. The molecule has 0 amide bonds. The summed E-state index contributed by atoms with van der Waals surface area (Å²) in [6, 6.07) is 0. The van der Waals surface area contributed by atoms with E-state index in [1.807, 2.05) is 0 Å². The maximum atomic E-state index is 5.45. The Balaban J connectivity index is 3.27. The molecule has 0 aliphatic heterocycles. The summed E-state index contributed by atoms with van der Waals surface area (Å²) in [5.74, 6) is 0. The quantitative estimate of drug-likeness (QED) is 0.337. The predicted molar refractivity (Wildman–Crippen MR) is 87.4 cm³/mol. The average Bonchev–Trinajstić information content (AvgIpc) is 2.38. The highest BCUT2D eigenvalue weighted by molar-refractivity contribution is 7.80. The first-order valence-electron chi connectivity index (χ1n) is 8.04. The van der Waals surface area contributed by atoms with Gasteiger partial charge in [0.15, 0.2) is 0 Å². The Labute approximate surface area is 120 Å². The molecular weight excluding hydrogens is 238 g/mol. The summed E-state index contributed by atoms with van der Waals surface area (Å²) in [5.41, 5.74) is 0. The van der Waals surface area contributed by atoms with E-state index < -0.39 is 0 Å². The molecule has 0 spiro atoms. The summed E-state index contributed by atoms with van der Waals surface area (Å²) in [4.78, 5) is 3.48. The summed E-state index contributed by atoms with van der Waals surface area (Å²) in [5, 5.41) is 0. The Kier molecular flexibility index (Phi) is 13.2. The van der Waals surface area contributed by atoms with Crippen molar-refractivity contribution in [3.05, 3.63) is 0 Å². The lowest BCUT2D eigenvalue weighted by Gasteiger charge is -2.21. The standard InChI is InChI=1S/C16H33NS/c1-4-7-8-9-10-11-12-13-14-15-16(18)17(5-2)6-3/h4-15H2,1-3H3. The van der Waals surface area contributed by atoms with E-state index in [2.05, 4.69) is 25.7 Å². The van der Waals surface area contributed by atoms with E-state index in [1.54, 1.807) is 0 Å². The van der Waals surface area contributed by atoms with Crippen molar-refractivity contribution in [2.45, 2.75) is 85.0 Å². The van der Waals surface area contributed by atoms with Crippen LogP contribution in [0.5, 0.6) is 0 Å². The van der Waals surface area contributed by atoms with Gasteiger partial charge in [0.05, 0.1) is 4.99 Å². The fourth-order valence-corrected chi connectivity index (χ4v) is 2.72. The molecule has 1 nitrogen and oxygen atoms in total. The lowest BCUT2D eigenvalue weighted by atomic mass is 10.1. The molecule has 0 radical (unpaired) electrons. The van der Waals surface area contributed by atoms with Gasteiger partial charge in [-0.05, 0) is 26.7 Å². The third-order valence-electron chi connectivity index (χ3n) is 3.61. The van der Waals surface area contributed by atoms with Crippen molar-refractivity contribution in [2.24, 2.45) is 0 Å². The number of hydrogen-bond donors (Lipinski definition) is 0. The van der Waals surface area contributed by atoms with Crippen LogP contribution in [-0.4, -0.2) is 23.0 Å². The molecule has 0 rings (SSSR count). The van der Waals surface area contributed by atoms with Crippen LogP contribution in [0.4, 0.5) is 0 Å². The van der Waals surface area contributed by atoms with Gasteiger partial charge in [0.1, 0.15) is 0 Å². The molecule has 0 saturated heterocycles. The molecule has 0 heterocycles. The van der Waals surface area contributed by atoms with E-state index >= 15 is 0 Å². The van der Waals surface area contributed by atoms with Crippen molar-refractivity contribution in [3.63, 3.8) is 0 Å². The van der Waals surface area contributed by atoms with Crippen molar-refractivity contribution in [1.29, 1.82) is 0 Å². The van der Waals surface area contributed by atoms with Gasteiger partial charge in [-0.25, -0.2) is 0 Å². The summed E-state index contributed by atoms with van der Waals surface area (Å²) in [7, 11) is 0. The van der Waals surface area contributed by atoms with Gasteiger partial charge in [0, 0.05) is 13.1 Å². The molecule has 2 heteroatoms. The zero-order chi connectivity index (χ0) is 13.6. The van der Waals surface area contributed by atoms with Gasteiger partial charge in [-0.2, -0.15) is 0 Å². The van der Waals surface area contributed by atoms with Gasteiger partial charge in [0.2, 0.25) is 0 Å². The molecule has 0 bridgehead atoms. The van der Waals surface area contributed by atoms with Crippen LogP contribution in [0.2, 0.25) is 0 Å². The molecule has 0 aliphatic rings. The lowest BCUT2D eigenvalue weighted by molar-refractivity contribution is 0.460. The van der Waals surface area contributed by atoms with Gasteiger partial charge in [0.25, 0.3) is 0 Å². The summed E-state index contributed by atoms with van der Waals surface area (Å²) >= 11 is 5.45. The smallest absolute Gasteiger partial charge is 0.0779 e. The fourth-order valence-electron chi connectivity index (χ4n) is 2.32.